The number of thiophene rings is 1. The van der Waals surface area contributed by atoms with Gasteiger partial charge in [-0.2, -0.15) is 0 Å². The van der Waals surface area contributed by atoms with E-state index in [1.54, 1.807) is 42.2 Å². The van der Waals surface area contributed by atoms with Gasteiger partial charge in [0.2, 0.25) is 11.8 Å². The van der Waals surface area contributed by atoms with Crippen LogP contribution in [0.2, 0.25) is 4.34 Å². The first-order valence-electron chi connectivity index (χ1n) is 9.02. The number of carbonyl (C=O) groups is 2. The number of halogens is 1. The summed E-state index contributed by atoms with van der Waals surface area (Å²) in [6, 6.07) is 9.08. The Morgan fingerprint density at radius 1 is 1.25 bits per heavy atom. The van der Waals surface area contributed by atoms with E-state index in [0.717, 1.165) is 4.88 Å². The molecule has 28 heavy (non-hydrogen) atoms. The molecule has 1 saturated heterocycles. The molecule has 1 aliphatic rings. The summed E-state index contributed by atoms with van der Waals surface area (Å²) in [5.41, 5.74) is 0.700. The van der Waals surface area contributed by atoms with E-state index in [1.807, 2.05) is 19.1 Å². The molecule has 2 heterocycles. The van der Waals surface area contributed by atoms with Crippen molar-refractivity contribution in [3.8, 4) is 11.5 Å². The lowest BCUT2D eigenvalue weighted by molar-refractivity contribution is -0.136. The van der Waals surface area contributed by atoms with Gasteiger partial charge in [-0.3, -0.25) is 9.59 Å². The second-order valence-corrected chi connectivity index (χ2v) is 8.30. The highest BCUT2D eigenvalue weighted by molar-refractivity contribution is 7.16. The van der Waals surface area contributed by atoms with Crippen LogP contribution in [0.15, 0.2) is 30.3 Å². The Kier molecular flexibility index (Phi) is 6.46. The molecule has 2 aromatic rings. The highest BCUT2D eigenvalue weighted by Crippen LogP contribution is 2.34. The quantitative estimate of drug-likeness (QED) is 0.680. The first kappa shape index (κ1) is 20.5. The van der Waals surface area contributed by atoms with Crippen LogP contribution in [0, 0.1) is 5.92 Å². The number of carbonyl (C=O) groups excluding carboxylic acids is 2. The van der Waals surface area contributed by atoms with Crippen molar-refractivity contribution < 1.29 is 19.1 Å². The second kappa shape index (κ2) is 8.84. The van der Waals surface area contributed by atoms with E-state index in [2.05, 4.69) is 0 Å². The van der Waals surface area contributed by atoms with E-state index in [-0.39, 0.29) is 24.2 Å². The Morgan fingerprint density at radius 3 is 2.61 bits per heavy atom. The largest absolute Gasteiger partial charge is 0.493 e. The van der Waals surface area contributed by atoms with Crippen molar-refractivity contribution in [2.24, 2.45) is 5.92 Å². The van der Waals surface area contributed by atoms with Gasteiger partial charge in [0.15, 0.2) is 11.5 Å². The Bertz CT molecular complexity index is 870. The molecule has 2 amide bonds. The monoisotopic (exact) mass is 422 g/mol. The van der Waals surface area contributed by atoms with Crippen LogP contribution >= 0.6 is 22.9 Å². The number of anilines is 1. The van der Waals surface area contributed by atoms with Crippen molar-refractivity contribution in [3.05, 3.63) is 39.5 Å². The number of methoxy groups -OCH3 is 2. The number of nitrogens with zero attached hydrogens (tertiary/aromatic N) is 2. The van der Waals surface area contributed by atoms with Crippen LogP contribution < -0.4 is 14.4 Å². The van der Waals surface area contributed by atoms with E-state index in [4.69, 9.17) is 21.1 Å². The Labute approximate surface area is 173 Å². The van der Waals surface area contributed by atoms with Gasteiger partial charge in [0.05, 0.1) is 31.0 Å². The second-order valence-electron chi connectivity index (χ2n) is 6.50. The summed E-state index contributed by atoms with van der Waals surface area (Å²) in [5, 5.41) is 0. The maximum atomic E-state index is 13.0. The summed E-state index contributed by atoms with van der Waals surface area (Å²) in [4.78, 5) is 30.0. The molecule has 0 saturated carbocycles. The lowest BCUT2D eigenvalue weighted by Gasteiger charge is -2.24. The zero-order chi connectivity index (χ0) is 20.3. The van der Waals surface area contributed by atoms with Gasteiger partial charge in [0.25, 0.3) is 0 Å². The van der Waals surface area contributed by atoms with Crippen LogP contribution in [0.3, 0.4) is 0 Å². The van der Waals surface area contributed by atoms with Gasteiger partial charge < -0.3 is 19.3 Å². The molecule has 6 nitrogen and oxygen atoms in total. The number of hydrogen-bond donors (Lipinski definition) is 0. The predicted molar refractivity (Wildman–Crippen MR) is 110 cm³/mol. The summed E-state index contributed by atoms with van der Waals surface area (Å²) < 4.78 is 11.3. The van der Waals surface area contributed by atoms with Crippen LogP contribution in [0.1, 0.15) is 18.2 Å². The number of rotatable bonds is 7. The average Bonchev–Trinajstić information content (AvgIpc) is 3.30. The van der Waals surface area contributed by atoms with Gasteiger partial charge in [-0.25, -0.2) is 0 Å². The first-order valence-corrected chi connectivity index (χ1v) is 10.2. The third-order valence-electron chi connectivity index (χ3n) is 4.82. The molecular formula is C20H23ClN2O4S. The van der Waals surface area contributed by atoms with Crippen LogP contribution in [-0.4, -0.2) is 44.0 Å². The van der Waals surface area contributed by atoms with Crippen LogP contribution in [0.25, 0.3) is 0 Å². The maximum absolute atomic E-state index is 13.0. The molecule has 1 aliphatic heterocycles. The molecule has 1 aromatic heterocycles. The minimum Gasteiger partial charge on any atom is -0.493 e. The van der Waals surface area contributed by atoms with Gasteiger partial charge >= 0.3 is 0 Å². The van der Waals surface area contributed by atoms with Crippen molar-refractivity contribution in [3.63, 3.8) is 0 Å². The Balaban J connectivity index is 1.73. The number of hydrogen-bond acceptors (Lipinski definition) is 5. The number of benzene rings is 1. The third-order valence-corrected chi connectivity index (χ3v) is 6.04. The standard InChI is InChI=1S/C20H23ClN2O4S/c1-4-22(12-15-6-8-18(21)28-15)20(25)13-9-19(24)23(11-13)14-5-7-16(26-2)17(10-14)27-3/h5-8,10,13H,4,9,11-12H2,1-3H3. The molecule has 1 atom stereocenters. The zero-order valence-corrected chi connectivity index (χ0v) is 17.7. The van der Waals surface area contributed by atoms with Crippen molar-refractivity contribution in [1.82, 2.24) is 4.90 Å². The van der Waals surface area contributed by atoms with E-state index in [9.17, 15) is 9.59 Å². The van der Waals surface area contributed by atoms with Gasteiger partial charge in [-0.1, -0.05) is 11.6 Å². The molecule has 0 spiro atoms. The molecular weight excluding hydrogens is 400 g/mol. The molecule has 1 fully saturated rings. The lowest BCUT2D eigenvalue weighted by atomic mass is 10.1. The SMILES string of the molecule is CCN(Cc1ccc(Cl)s1)C(=O)C1CC(=O)N(c2ccc(OC)c(OC)c2)C1. The zero-order valence-electron chi connectivity index (χ0n) is 16.1. The van der Waals surface area contributed by atoms with Gasteiger partial charge in [0.1, 0.15) is 0 Å². The minimum atomic E-state index is -0.365. The van der Waals surface area contributed by atoms with E-state index in [0.29, 0.717) is 41.2 Å². The van der Waals surface area contributed by atoms with Gasteiger partial charge in [-0.05, 0) is 31.2 Å². The van der Waals surface area contributed by atoms with Crippen LogP contribution in [0.5, 0.6) is 11.5 Å². The fourth-order valence-corrected chi connectivity index (χ4v) is 4.45. The van der Waals surface area contributed by atoms with Gasteiger partial charge in [-0.15, -0.1) is 11.3 Å². The van der Waals surface area contributed by atoms with Crippen molar-refractivity contribution in [1.29, 1.82) is 0 Å². The molecule has 8 heteroatoms. The van der Waals surface area contributed by atoms with E-state index < -0.39 is 0 Å². The van der Waals surface area contributed by atoms with Crippen molar-refractivity contribution in [2.75, 3.05) is 32.2 Å². The van der Waals surface area contributed by atoms with Crippen LogP contribution in [-0.2, 0) is 16.1 Å². The minimum absolute atomic E-state index is 0.0108. The van der Waals surface area contributed by atoms with Gasteiger partial charge in [0, 0.05) is 36.1 Å². The Hall–Kier alpha value is -2.25. The predicted octanol–water partition coefficient (Wildman–Crippen LogP) is 3.82. The lowest BCUT2D eigenvalue weighted by Crippen LogP contribution is -2.36. The molecule has 0 radical (unpaired) electrons. The fourth-order valence-electron chi connectivity index (χ4n) is 3.34. The number of ether oxygens (including phenoxy) is 2. The Morgan fingerprint density at radius 2 is 2.00 bits per heavy atom. The molecule has 3 rings (SSSR count). The molecule has 150 valence electrons. The molecule has 0 aliphatic carbocycles. The van der Waals surface area contributed by atoms with Crippen molar-refractivity contribution in [2.45, 2.75) is 19.9 Å². The average molecular weight is 423 g/mol. The molecule has 1 unspecified atom stereocenters. The summed E-state index contributed by atoms with van der Waals surface area (Å²) >= 11 is 7.46. The van der Waals surface area contributed by atoms with Crippen LogP contribution in [0.4, 0.5) is 5.69 Å². The summed E-state index contributed by atoms with van der Waals surface area (Å²) in [6.07, 6.45) is 0.203. The maximum Gasteiger partial charge on any atom is 0.228 e. The molecule has 0 N–H and O–H groups in total. The highest BCUT2D eigenvalue weighted by atomic mass is 35.5. The van der Waals surface area contributed by atoms with E-state index >= 15 is 0 Å². The summed E-state index contributed by atoms with van der Waals surface area (Å²) in [5.74, 6) is 0.699. The fraction of sp³-hybridized carbons (Fsp3) is 0.400. The van der Waals surface area contributed by atoms with Crippen molar-refractivity contribution >= 4 is 40.4 Å². The molecule has 0 bridgehead atoms. The topological polar surface area (TPSA) is 59.1 Å². The molecule has 1 aromatic carbocycles. The third kappa shape index (κ3) is 4.25. The highest BCUT2D eigenvalue weighted by Gasteiger charge is 2.37. The first-order chi connectivity index (χ1) is 13.5. The smallest absolute Gasteiger partial charge is 0.228 e. The number of amides is 2. The normalized spacial score (nSPS) is 16.4. The van der Waals surface area contributed by atoms with E-state index in [1.165, 1.54) is 11.3 Å². The summed E-state index contributed by atoms with van der Waals surface area (Å²) in [7, 11) is 3.11. The summed E-state index contributed by atoms with van der Waals surface area (Å²) in [6.45, 7) is 3.38.